The van der Waals surface area contributed by atoms with Crippen LogP contribution in [-0.2, 0) is 5.54 Å². The van der Waals surface area contributed by atoms with Crippen molar-refractivity contribution in [3.05, 3.63) is 33.8 Å². The third-order valence-corrected chi connectivity index (χ3v) is 2.94. The van der Waals surface area contributed by atoms with E-state index in [0.717, 1.165) is 0 Å². The molecule has 1 nitrogen and oxygen atoms in total. The summed E-state index contributed by atoms with van der Waals surface area (Å²) in [7, 11) is 0. The van der Waals surface area contributed by atoms with Gasteiger partial charge >= 0.3 is 0 Å². The maximum Gasteiger partial charge on any atom is 0.145 e. The van der Waals surface area contributed by atoms with E-state index in [1.807, 2.05) is 0 Å². The summed E-state index contributed by atoms with van der Waals surface area (Å²) in [5, 5.41) is 0. The highest BCUT2D eigenvalue weighted by Gasteiger charge is 2.44. The van der Waals surface area contributed by atoms with Crippen molar-refractivity contribution in [3.63, 3.8) is 0 Å². The molecule has 0 aliphatic heterocycles. The fourth-order valence-electron chi connectivity index (χ4n) is 1.37. The molecule has 2 rings (SSSR count). The highest BCUT2D eigenvalue weighted by Crippen LogP contribution is 2.45. The zero-order valence-corrected chi connectivity index (χ0v) is 8.37. The molecule has 1 aromatic carbocycles. The van der Waals surface area contributed by atoms with Crippen LogP contribution in [0.3, 0.4) is 0 Å². The molecule has 0 unspecified atom stereocenters. The second-order valence-corrected chi connectivity index (χ2v) is 4.23. The average molecular weight is 248 g/mol. The zero-order chi connectivity index (χ0) is 9.64. The number of rotatable bonds is 1. The van der Waals surface area contributed by atoms with Gasteiger partial charge in [0.05, 0.1) is 4.47 Å². The van der Waals surface area contributed by atoms with Gasteiger partial charge in [-0.15, -0.1) is 0 Å². The Hall–Kier alpha value is -0.480. The number of hydrogen-bond acceptors (Lipinski definition) is 1. The van der Waals surface area contributed by atoms with E-state index in [9.17, 15) is 8.78 Å². The minimum Gasteiger partial charge on any atom is -0.321 e. The number of benzene rings is 1. The van der Waals surface area contributed by atoms with Crippen LogP contribution in [0, 0.1) is 11.6 Å². The summed E-state index contributed by atoms with van der Waals surface area (Å²) in [4.78, 5) is 0. The van der Waals surface area contributed by atoms with Crippen molar-refractivity contribution < 1.29 is 8.78 Å². The molecule has 70 valence electrons. The maximum atomic E-state index is 13.4. The third kappa shape index (κ3) is 1.38. The lowest BCUT2D eigenvalue weighted by molar-refractivity contribution is 0.517. The fourth-order valence-corrected chi connectivity index (χ4v) is 1.70. The first-order valence-electron chi connectivity index (χ1n) is 3.97. The fraction of sp³-hybridized carbons (Fsp3) is 0.333. The molecule has 0 bridgehead atoms. The summed E-state index contributed by atoms with van der Waals surface area (Å²) in [6.45, 7) is 0. The standard InChI is InChI=1S/C9H8BrF2N/c10-5-1-2-6(11)7(8(5)12)9(13)3-4-9/h1-2H,3-4,13H2. The van der Waals surface area contributed by atoms with Gasteiger partial charge in [-0.25, -0.2) is 8.78 Å². The van der Waals surface area contributed by atoms with Gasteiger partial charge in [-0.3, -0.25) is 0 Å². The molecule has 0 spiro atoms. The van der Waals surface area contributed by atoms with Crippen LogP contribution in [0.2, 0.25) is 0 Å². The molecule has 1 aliphatic carbocycles. The van der Waals surface area contributed by atoms with Gasteiger partial charge in [0.15, 0.2) is 0 Å². The van der Waals surface area contributed by atoms with E-state index in [0.29, 0.717) is 12.8 Å². The summed E-state index contributed by atoms with van der Waals surface area (Å²) in [5.74, 6) is -1.12. The van der Waals surface area contributed by atoms with Crippen molar-refractivity contribution in [1.29, 1.82) is 0 Å². The van der Waals surface area contributed by atoms with Crippen molar-refractivity contribution in [2.45, 2.75) is 18.4 Å². The van der Waals surface area contributed by atoms with Crippen LogP contribution in [0.5, 0.6) is 0 Å². The summed E-state index contributed by atoms with van der Waals surface area (Å²) >= 11 is 3.00. The highest BCUT2D eigenvalue weighted by atomic mass is 79.9. The lowest BCUT2D eigenvalue weighted by atomic mass is 10.0. The largest absolute Gasteiger partial charge is 0.321 e. The molecule has 2 N–H and O–H groups in total. The second kappa shape index (κ2) is 2.75. The molecular formula is C9H8BrF2N. The molecule has 1 aromatic rings. The molecule has 1 saturated carbocycles. The minimum absolute atomic E-state index is 0.0156. The van der Waals surface area contributed by atoms with Crippen LogP contribution in [-0.4, -0.2) is 0 Å². The average Bonchev–Trinajstić information content (AvgIpc) is 2.78. The number of nitrogens with two attached hydrogens (primary N) is 1. The summed E-state index contributed by atoms with van der Waals surface area (Å²) < 4.78 is 26.9. The third-order valence-electron chi connectivity index (χ3n) is 2.33. The molecule has 0 radical (unpaired) electrons. The van der Waals surface area contributed by atoms with Crippen molar-refractivity contribution >= 4 is 15.9 Å². The normalized spacial score (nSPS) is 18.8. The van der Waals surface area contributed by atoms with Crippen LogP contribution in [0.4, 0.5) is 8.78 Å². The predicted octanol–water partition coefficient (Wildman–Crippen LogP) is 2.68. The monoisotopic (exact) mass is 247 g/mol. The molecule has 0 saturated heterocycles. The van der Waals surface area contributed by atoms with E-state index < -0.39 is 17.2 Å². The molecule has 1 aliphatic rings. The Labute approximate surface area is 83.1 Å². The molecular weight excluding hydrogens is 240 g/mol. The smallest absolute Gasteiger partial charge is 0.145 e. The Kier molecular flexibility index (Phi) is 1.92. The van der Waals surface area contributed by atoms with Crippen LogP contribution < -0.4 is 5.73 Å². The van der Waals surface area contributed by atoms with E-state index in [1.165, 1.54) is 12.1 Å². The molecule has 0 atom stereocenters. The summed E-state index contributed by atoms with van der Waals surface area (Å²) in [6, 6.07) is 2.58. The van der Waals surface area contributed by atoms with Crippen LogP contribution >= 0.6 is 15.9 Å². The topological polar surface area (TPSA) is 26.0 Å². The van der Waals surface area contributed by atoms with Crippen LogP contribution in [0.1, 0.15) is 18.4 Å². The van der Waals surface area contributed by atoms with Crippen molar-refractivity contribution in [2.24, 2.45) is 5.73 Å². The van der Waals surface area contributed by atoms with Gasteiger partial charge < -0.3 is 5.73 Å². The second-order valence-electron chi connectivity index (χ2n) is 3.37. The van der Waals surface area contributed by atoms with Gasteiger partial charge in [-0.2, -0.15) is 0 Å². The van der Waals surface area contributed by atoms with Gasteiger partial charge in [0.2, 0.25) is 0 Å². The Bertz CT molecular complexity index is 361. The quantitative estimate of drug-likeness (QED) is 0.759. The van der Waals surface area contributed by atoms with E-state index in [-0.39, 0.29) is 10.0 Å². The molecule has 0 amide bonds. The van der Waals surface area contributed by atoms with E-state index in [4.69, 9.17) is 5.73 Å². The SMILES string of the molecule is NC1(c2c(F)ccc(Br)c2F)CC1. The summed E-state index contributed by atoms with van der Waals surface area (Å²) in [6.07, 6.45) is 1.30. The van der Waals surface area contributed by atoms with Crippen molar-refractivity contribution in [3.8, 4) is 0 Å². The number of halogens is 3. The van der Waals surface area contributed by atoms with Gasteiger partial charge in [0.1, 0.15) is 11.6 Å². The Morgan fingerprint density at radius 3 is 2.46 bits per heavy atom. The van der Waals surface area contributed by atoms with E-state index in [1.54, 1.807) is 0 Å². The summed E-state index contributed by atoms with van der Waals surface area (Å²) in [5.41, 5.74) is 4.99. The minimum atomic E-state index is -0.766. The maximum absolute atomic E-state index is 13.4. The highest BCUT2D eigenvalue weighted by molar-refractivity contribution is 9.10. The zero-order valence-electron chi connectivity index (χ0n) is 6.78. The molecule has 13 heavy (non-hydrogen) atoms. The molecule has 1 fully saturated rings. The first-order valence-corrected chi connectivity index (χ1v) is 4.77. The van der Waals surface area contributed by atoms with Crippen molar-refractivity contribution in [2.75, 3.05) is 0 Å². The van der Waals surface area contributed by atoms with Gasteiger partial charge in [-0.1, -0.05) is 0 Å². The molecule has 4 heteroatoms. The Morgan fingerprint density at radius 2 is 1.92 bits per heavy atom. The number of hydrogen-bond donors (Lipinski definition) is 1. The Balaban J connectivity index is 2.61. The first kappa shape index (κ1) is 9.09. The van der Waals surface area contributed by atoms with Crippen molar-refractivity contribution in [1.82, 2.24) is 0 Å². The lowest BCUT2D eigenvalue weighted by Crippen LogP contribution is -2.22. The predicted molar refractivity (Wildman–Crippen MR) is 49.2 cm³/mol. The van der Waals surface area contributed by atoms with Crippen LogP contribution in [0.15, 0.2) is 16.6 Å². The lowest BCUT2D eigenvalue weighted by Gasteiger charge is -2.12. The molecule has 0 heterocycles. The first-order chi connectivity index (χ1) is 6.04. The Morgan fingerprint density at radius 1 is 1.31 bits per heavy atom. The van der Waals surface area contributed by atoms with Gasteiger partial charge in [-0.05, 0) is 40.9 Å². The van der Waals surface area contributed by atoms with Gasteiger partial charge in [0.25, 0.3) is 0 Å². The molecule has 0 aromatic heterocycles. The van der Waals surface area contributed by atoms with Gasteiger partial charge in [0, 0.05) is 11.1 Å². The van der Waals surface area contributed by atoms with E-state index >= 15 is 0 Å². The van der Waals surface area contributed by atoms with E-state index in [2.05, 4.69) is 15.9 Å². The van der Waals surface area contributed by atoms with Crippen LogP contribution in [0.25, 0.3) is 0 Å².